The molecule has 4 atom stereocenters. The topological polar surface area (TPSA) is 79.5 Å². The van der Waals surface area contributed by atoms with Crippen LogP contribution in [-0.2, 0) is 16.1 Å². The standard InChI is InChI=1S/C17H19NO4/c1-9(2)13-11-5-6-12(13)15(17(20)21)14(11)16(19)18-8-10-4-3-7-22-10/h3-7,11-12,14-15H,8H2,1-2H3,(H,18,19)(H,20,21)/t11-,12-,14+,15+/m1/s1. The summed E-state index contributed by atoms with van der Waals surface area (Å²) < 4.78 is 5.19. The first-order valence-electron chi connectivity index (χ1n) is 7.39. The van der Waals surface area contributed by atoms with Gasteiger partial charge < -0.3 is 14.8 Å². The van der Waals surface area contributed by atoms with Crippen LogP contribution < -0.4 is 5.32 Å². The second kappa shape index (κ2) is 5.48. The van der Waals surface area contributed by atoms with Gasteiger partial charge in [0, 0.05) is 11.8 Å². The largest absolute Gasteiger partial charge is 0.481 e. The molecule has 2 bridgehead atoms. The Hall–Kier alpha value is -2.30. The van der Waals surface area contributed by atoms with Gasteiger partial charge in [-0.05, 0) is 26.0 Å². The van der Waals surface area contributed by atoms with Gasteiger partial charge in [-0.1, -0.05) is 23.3 Å². The quantitative estimate of drug-likeness (QED) is 0.837. The minimum atomic E-state index is -0.909. The molecular weight excluding hydrogens is 282 g/mol. The number of carbonyl (C=O) groups excluding carboxylic acids is 1. The van der Waals surface area contributed by atoms with Gasteiger partial charge >= 0.3 is 5.97 Å². The highest BCUT2D eigenvalue weighted by Gasteiger charge is 2.54. The van der Waals surface area contributed by atoms with Gasteiger partial charge in [0.1, 0.15) is 5.76 Å². The summed E-state index contributed by atoms with van der Waals surface area (Å²) in [6, 6.07) is 3.53. The lowest BCUT2D eigenvalue weighted by Crippen LogP contribution is -2.39. The predicted octanol–water partition coefficient (Wildman–Crippen LogP) is 2.37. The van der Waals surface area contributed by atoms with Crippen molar-refractivity contribution in [1.29, 1.82) is 0 Å². The van der Waals surface area contributed by atoms with Crippen LogP contribution in [0.3, 0.4) is 0 Å². The first kappa shape index (κ1) is 14.6. The Kier molecular flexibility index (Phi) is 3.64. The number of nitrogens with one attached hydrogen (secondary N) is 1. The van der Waals surface area contributed by atoms with E-state index in [1.165, 1.54) is 0 Å². The number of hydrogen-bond donors (Lipinski definition) is 2. The van der Waals surface area contributed by atoms with Crippen molar-refractivity contribution in [3.05, 3.63) is 47.5 Å². The first-order valence-corrected chi connectivity index (χ1v) is 7.39. The number of aliphatic carboxylic acids is 1. The molecule has 1 heterocycles. The molecule has 0 unspecified atom stereocenters. The lowest BCUT2D eigenvalue weighted by atomic mass is 9.82. The highest BCUT2D eigenvalue weighted by molar-refractivity contribution is 5.88. The first-order chi connectivity index (χ1) is 10.5. The van der Waals surface area contributed by atoms with Crippen molar-refractivity contribution in [3.63, 3.8) is 0 Å². The van der Waals surface area contributed by atoms with Gasteiger partial charge in [0.25, 0.3) is 0 Å². The van der Waals surface area contributed by atoms with E-state index in [2.05, 4.69) is 5.32 Å². The van der Waals surface area contributed by atoms with Crippen molar-refractivity contribution in [2.24, 2.45) is 23.7 Å². The van der Waals surface area contributed by atoms with E-state index >= 15 is 0 Å². The summed E-state index contributed by atoms with van der Waals surface area (Å²) in [5.74, 6) is -1.97. The summed E-state index contributed by atoms with van der Waals surface area (Å²) >= 11 is 0. The summed E-state index contributed by atoms with van der Waals surface area (Å²) in [5.41, 5.74) is 2.19. The molecular formula is C17H19NO4. The molecule has 5 nitrogen and oxygen atoms in total. The molecule has 3 rings (SSSR count). The molecule has 1 amide bonds. The molecule has 2 N–H and O–H groups in total. The fraction of sp³-hybridized carbons (Fsp3) is 0.412. The number of carboxylic acid groups (broad SMARTS) is 1. The van der Waals surface area contributed by atoms with Crippen LogP contribution >= 0.6 is 0 Å². The van der Waals surface area contributed by atoms with E-state index in [-0.39, 0.29) is 24.3 Å². The van der Waals surface area contributed by atoms with Gasteiger partial charge in [0.2, 0.25) is 5.91 Å². The zero-order valence-corrected chi connectivity index (χ0v) is 12.6. The van der Waals surface area contributed by atoms with E-state index in [1.54, 1.807) is 18.4 Å². The maximum Gasteiger partial charge on any atom is 0.308 e. The van der Waals surface area contributed by atoms with Crippen LogP contribution in [0.25, 0.3) is 0 Å². The van der Waals surface area contributed by atoms with Crippen molar-refractivity contribution in [1.82, 2.24) is 5.32 Å². The van der Waals surface area contributed by atoms with Crippen LogP contribution in [0.1, 0.15) is 19.6 Å². The molecule has 1 fully saturated rings. The summed E-state index contributed by atoms with van der Waals surface area (Å²) in [5, 5.41) is 12.4. The molecule has 1 aromatic heterocycles. The fourth-order valence-electron chi connectivity index (χ4n) is 3.75. The number of carboxylic acids is 1. The Labute approximate surface area is 128 Å². The van der Waals surface area contributed by atoms with Crippen LogP contribution in [0.4, 0.5) is 0 Å². The zero-order valence-electron chi connectivity index (χ0n) is 12.6. The number of hydrogen-bond acceptors (Lipinski definition) is 3. The van der Waals surface area contributed by atoms with Crippen LogP contribution in [0.15, 0.2) is 46.1 Å². The fourth-order valence-corrected chi connectivity index (χ4v) is 3.75. The van der Waals surface area contributed by atoms with E-state index in [9.17, 15) is 14.7 Å². The number of carbonyl (C=O) groups is 2. The third kappa shape index (κ3) is 2.26. The van der Waals surface area contributed by atoms with E-state index in [1.807, 2.05) is 26.0 Å². The minimum absolute atomic E-state index is 0.104. The second-order valence-corrected chi connectivity index (χ2v) is 6.08. The number of furan rings is 1. The van der Waals surface area contributed by atoms with E-state index < -0.39 is 17.8 Å². The maximum absolute atomic E-state index is 12.5. The predicted molar refractivity (Wildman–Crippen MR) is 79.7 cm³/mol. The van der Waals surface area contributed by atoms with Crippen molar-refractivity contribution in [3.8, 4) is 0 Å². The van der Waals surface area contributed by atoms with Crippen molar-refractivity contribution < 1.29 is 19.1 Å². The SMILES string of the molecule is CC(C)=C1[C@H]2C=C[C@H]1[C@H](C(=O)NCc1ccco1)[C@H]2C(=O)O. The number of amides is 1. The number of allylic oxidation sites excluding steroid dienone is 4. The number of rotatable bonds is 4. The van der Waals surface area contributed by atoms with Gasteiger partial charge in [-0.25, -0.2) is 0 Å². The molecule has 1 saturated carbocycles. The van der Waals surface area contributed by atoms with Crippen molar-refractivity contribution >= 4 is 11.9 Å². The molecule has 0 aromatic carbocycles. The molecule has 5 heteroatoms. The van der Waals surface area contributed by atoms with Crippen LogP contribution in [-0.4, -0.2) is 17.0 Å². The van der Waals surface area contributed by atoms with E-state index in [0.29, 0.717) is 5.76 Å². The van der Waals surface area contributed by atoms with Crippen molar-refractivity contribution in [2.75, 3.05) is 0 Å². The molecule has 116 valence electrons. The summed E-state index contributed by atoms with van der Waals surface area (Å²) in [6.45, 7) is 4.23. The highest BCUT2D eigenvalue weighted by atomic mass is 16.4. The van der Waals surface area contributed by atoms with Gasteiger partial charge in [-0.15, -0.1) is 0 Å². The smallest absolute Gasteiger partial charge is 0.308 e. The Bertz CT molecular complexity index is 652. The Morgan fingerprint density at radius 3 is 2.45 bits per heavy atom. The Morgan fingerprint density at radius 2 is 1.91 bits per heavy atom. The van der Waals surface area contributed by atoms with Gasteiger partial charge in [0.15, 0.2) is 0 Å². The van der Waals surface area contributed by atoms with Crippen molar-refractivity contribution in [2.45, 2.75) is 20.4 Å². The van der Waals surface area contributed by atoms with Crippen LogP contribution in [0.2, 0.25) is 0 Å². The molecule has 0 saturated heterocycles. The molecule has 1 aromatic rings. The summed E-state index contributed by atoms with van der Waals surface area (Å²) in [6.07, 6.45) is 5.45. The van der Waals surface area contributed by atoms with Crippen LogP contribution in [0, 0.1) is 23.7 Å². The molecule has 0 spiro atoms. The van der Waals surface area contributed by atoms with Gasteiger partial charge in [-0.3, -0.25) is 9.59 Å². The zero-order chi connectivity index (χ0) is 15.9. The molecule has 22 heavy (non-hydrogen) atoms. The molecule has 0 aliphatic heterocycles. The number of fused-ring (bicyclic) bond motifs is 2. The average molecular weight is 301 g/mol. The lowest BCUT2D eigenvalue weighted by molar-refractivity contribution is -0.147. The Morgan fingerprint density at radius 1 is 1.23 bits per heavy atom. The maximum atomic E-state index is 12.5. The Balaban J connectivity index is 1.82. The third-order valence-corrected chi connectivity index (χ3v) is 4.59. The average Bonchev–Trinajstić information content (AvgIpc) is 3.17. The summed E-state index contributed by atoms with van der Waals surface area (Å²) in [7, 11) is 0. The van der Waals surface area contributed by atoms with E-state index in [0.717, 1.165) is 11.1 Å². The van der Waals surface area contributed by atoms with Gasteiger partial charge in [0.05, 0.1) is 24.6 Å². The molecule has 2 aliphatic carbocycles. The van der Waals surface area contributed by atoms with E-state index in [4.69, 9.17) is 4.42 Å². The lowest BCUT2D eigenvalue weighted by Gasteiger charge is -2.23. The monoisotopic (exact) mass is 301 g/mol. The minimum Gasteiger partial charge on any atom is -0.481 e. The second-order valence-electron chi connectivity index (χ2n) is 6.08. The summed E-state index contributed by atoms with van der Waals surface area (Å²) in [4.78, 5) is 24.2. The normalized spacial score (nSPS) is 28.9. The highest BCUT2D eigenvalue weighted by Crippen LogP contribution is 2.53. The van der Waals surface area contributed by atoms with Gasteiger partial charge in [-0.2, -0.15) is 0 Å². The van der Waals surface area contributed by atoms with Crippen LogP contribution in [0.5, 0.6) is 0 Å². The molecule has 2 aliphatic rings. The third-order valence-electron chi connectivity index (χ3n) is 4.59. The molecule has 0 radical (unpaired) electrons.